The SMILES string of the molecule is CN1CCCC(c2ncc3c(n2)CCN(C(=O)c2ccncc2)C3)C1. The third-order valence-corrected chi connectivity index (χ3v) is 5.16. The van der Waals surface area contributed by atoms with Crippen LogP contribution in [0, 0.1) is 0 Å². The van der Waals surface area contributed by atoms with Gasteiger partial charge < -0.3 is 9.80 Å². The quantitative estimate of drug-likeness (QED) is 0.837. The number of aromatic nitrogens is 3. The molecule has 0 N–H and O–H groups in total. The molecule has 2 aliphatic rings. The molecule has 0 aliphatic carbocycles. The molecule has 6 nitrogen and oxygen atoms in total. The van der Waals surface area contributed by atoms with Crippen LogP contribution in [0.3, 0.4) is 0 Å². The predicted molar refractivity (Wildman–Crippen MR) is 94.2 cm³/mol. The van der Waals surface area contributed by atoms with Gasteiger partial charge in [0.15, 0.2) is 0 Å². The van der Waals surface area contributed by atoms with Crippen LogP contribution in [0.25, 0.3) is 0 Å². The lowest BCUT2D eigenvalue weighted by Crippen LogP contribution is -2.37. The molecule has 25 heavy (non-hydrogen) atoms. The fourth-order valence-electron chi connectivity index (χ4n) is 3.76. The number of likely N-dealkylation sites (N-methyl/N-ethyl adjacent to an activating group) is 1. The summed E-state index contributed by atoms with van der Waals surface area (Å²) in [7, 11) is 2.16. The molecular weight excluding hydrogens is 314 g/mol. The lowest BCUT2D eigenvalue weighted by atomic mass is 9.97. The fraction of sp³-hybridized carbons (Fsp3) is 0.474. The van der Waals surface area contributed by atoms with Gasteiger partial charge in [-0.2, -0.15) is 0 Å². The molecule has 2 aromatic heterocycles. The van der Waals surface area contributed by atoms with Gasteiger partial charge in [-0.3, -0.25) is 9.78 Å². The standard InChI is InChI=1S/C19H23N5O/c1-23-9-2-3-15(12-23)18-21-11-16-13-24(10-6-17(16)22-18)19(25)14-4-7-20-8-5-14/h4-5,7-8,11,15H,2-3,6,9-10,12-13H2,1H3. The number of carbonyl (C=O) groups is 1. The van der Waals surface area contributed by atoms with Crippen LogP contribution >= 0.6 is 0 Å². The maximum atomic E-state index is 12.6. The molecule has 4 rings (SSSR count). The predicted octanol–water partition coefficient (Wildman–Crippen LogP) is 1.88. The van der Waals surface area contributed by atoms with Crippen molar-refractivity contribution in [3.63, 3.8) is 0 Å². The molecule has 1 fully saturated rings. The van der Waals surface area contributed by atoms with Gasteiger partial charge in [-0.25, -0.2) is 9.97 Å². The Hall–Kier alpha value is -2.34. The Kier molecular flexibility index (Phi) is 4.44. The highest BCUT2D eigenvalue weighted by Crippen LogP contribution is 2.26. The normalized spacial score (nSPS) is 21.0. The number of carbonyl (C=O) groups excluding carboxylic acids is 1. The molecule has 130 valence electrons. The van der Waals surface area contributed by atoms with Crippen molar-refractivity contribution >= 4 is 5.91 Å². The first-order valence-corrected chi connectivity index (χ1v) is 8.93. The molecule has 1 atom stereocenters. The van der Waals surface area contributed by atoms with Crippen LogP contribution < -0.4 is 0 Å². The second-order valence-electron chi connectivity index (χ2n) is 7.01. The van der Waals surface area contributed by atoms with Crippen molar-refractivity contribution in [1.29, 1.82) is 0 Å². The number of hydrogen-bond donors (Lipinski definition) is 0. The Morgan fingerprint density at radius 3 is 2.88 bits per heavy atom. The zero-order valence-corrected chi connectivity index (χ0v) is 14.6. The maximum Gasteiger partial charge on any atom is 0.254 e. The van der Waals surface area contributed by atoms with Gasteiger partial charge in [0.05, 0.1) is 5.69 Å². The number of pyridine rings is 1. The molecule has 0 bridgehead atoms. The molecule has 1 saturated heterocycles. The van der Waals surface area contributed by atoms with E-state index in [4.69, 9.17) is 4.98 Å². The Labute approximate surface area is 147 Å². The third kappa shape index (κ3) is 3.39. The Bertz CT molecular complexity index is 764. The number of piperidine rings is 1. The van der Waals surface area contributed by atoms with E-state index in [1.165, 1.54) is 6.42 Å². The minimum atomic E-state index is 0.0473. The molecular formula is C19H23N5O. The molecule has 0 saturated carbocycles. The molecule has 0 spiro atoms. The molecule has 1 amide bonds. The summed E-state index contributed by atoms with van der Waals surface area (Å²) in [5.41, 5.74) is 2.86. The van der Waals surface area contributed by atoms with Gasteiger partial charge in [0.2, 0.25) is 0 Å². The number of nitrogens with zero attached hydrogens (tertiary/aromatic N) is 5. The molecule has 6 heteroatoms. The summed E-state index contributed by atoms with van der Waals surface area (Å²) < 4.78 is 0. The van der Waals surface area contributed by atoms with E-state index in [0.717, 1.165) is 43.0 Å². The summed E-state index contributed by atoms with van der Waals surface area (Å²) in [6, 6.07) is 3.52. The zero-order valence-electron chi connectivity index (χ0n) is 14.6. The summed E-state index contributed by atoms with van der Waals surface area (Å²) in [4.78, 5) is 30.3. The van der Waals surface area contributed by atoms with Gasteiger partial charge in [-0.05, 0) is 38.6 Å². The van der Waals surface area contributed by atoms with Gasteiger partial charge in [-0.1, -0.05) is 0 Å². The summed E-state index contributed by atoms with van der Waals surface area (Å²) >= 11 is 0. The van der Waals surface area contributed by atoms with Gasteiger partial charge in [0.1, 0.15) is 5.82 Å². The second kappa shape index (κ2) is 6.88. The van der Waals surface area contributed by atoms with Crippen LogP contribution in [0.1, 0.15) is 46.2 Å². The monoisotopic (exact) mass is 337 g/mol. The van der Waals surface area contributed by atoms with Crippen molar-refractivity contribution in [2.45, 2.75) is 31.7 Å². The van der Waals surface area contributed by atoms with Crippen LogP contribution in [0.2, 0.25) is 0 Å². The first kappa shape index (κ1) is 16.1. The topological polar surface area (TPSA) is 62.2 Å². The van der Waals surface area contributed by atoms with Crippen LogP contribution in [0.15, 0.2) is 30.7 Å². The lowest BCUT2D eigenvalue weighted by Gasteiger charge is -2.31. The first-order chi connectivity index (χ1) is 12.2. The van der Waals surface area contributed by atoms with E-state index in [1.54, 1.807) is 24.5 Å². The zero-order chi connectivity index (χ0) is 17.2. The largest absolute Gasteiger partial charge is 0.334 e. The van der Waals surface area contributed by atoms with Gasteiger partial charge in [0.25, 0.3) is 5.91 Å². The highest BCUT2D eigenvalue weighted by Gasteiger charge is 2.26. The summed E-state index contributed by atoms with van der Waals surface area (Å²) in [6.45, 7) is 3.48. The number of likely N-dealkylation sites (tertiary alicyclic amines) is 1. The van der Waals surface area contributed by atoms with E-state index in [9.17, 15) is 4.79 Å². The number of amides is 1. The van der Waals surface area contributed by atoms with Crippen LogP contribution in [0.5, 0.6) is 0 Å². The first-order valence-electron chi connectivity index (χ1n) is 8.93. The number of hydrogen-bond acceptors (Lipinski definition) is 5. The van der Waals surface area contributed by atoms with E-state index in [1.807, 2.05) is 11.1 Å². The third-order valence-electron chi connectivity index (χ3n) is 5.16. The van der Waals surface area contributed by atoms with Crippen molar-refractivity contribution in [2.75, 3.05) is 26.7 Å². The van der Waals surface area contributed by atoms with E-state index >= 15 is 0 Å². The Morgan fingerprint density at radius 1 is 1.24 bits per heavy atom. The highest BCUT2D eigenvalue weighted by molar-refractivity contribution is 5.94. The lowest BCUT2D eigenvalue weighted by molar-refractivity contribution is 0.0733. The fourth-order valence-corrected chi connectivity index (χ4v) is 3.76. The molecule has 2 aliphatic heterocycles. The van der Waals surface area contributed by atoms with Crippen LogP contribution in [0.4, 0.5) is 0 Å². The Morgan fingerprint density at radius 2 is 2.08 bits per heavy atom. The Balaban J connectivity index is 1.50. The van der Waals surface area contributed by atoms with E-state index in [2.05, 4.69) is 21.9 Å². The summed E-state index contributed by atoms with van der Waals surface area (Å²) in [6.07, 6.45) is 8.40. The van der Waals surface area contributed by atoms with Crippen molar-refractivity contribution in [3.8, 4) is 0 Å². The molecule has 0 aromatic carbocycles. The average Bonchev–Trinajstić information content (AvgIpc) is 2.67. The van der Waals surface area contributed by atoms with Crippen LogP contribution in [-0.2, 0) is 13.0 Å². The van der Waals surface area contributed by atoms with Gasteiger partial charge >= 0.3 is 0 Å². The van der Waals surface area contributed by atoms with Crippen molar-refractivity contribution in [3.05, 3.63) is 53.4 Å². The van der Waals surface area contributed by atoms with E-state index in [0.29, 0.717) is 24.6 Å². The molecule has 1 unspecified atom stereocenters. The second-order valence-corrected chi connectivity index (χ2v) is 7.01. The van der Waals surface area contributed by atoms with Crippen molar-refractivity contribution in [2.24, 2.45) is 0 Å². The van der Waals surface area contributed by atoms with E-state index in [-0.39, 0.29) is 5.91 Å². The molecule has 2 aromatic rings. The molecule has 4 heterocycles. The van der Waals surface area contributed by atoms with Crippen LogP contribution in [-0.4, -0.2) is 57.3 Å². The number of fused-ring (bicyclic) bond motifs is 1. The van der Waals surface area contributed by atoms with E-state index < -0.39 is 0 Å². The number of rotatable bonds is 2. The minimum Gasteiger partial charge on any atom is -0.334 e. The maximum absolute atomic E-state index is 12.6. The van der Waals surface area contributed by atoms with Crippen molar-refractivity contribution < 1.29 is 4.79 Å². The van der Waals surface area contributed by atoms with Crippen molar-refractivity contribution in [1.82, 2.24) is 24.8 Å². The molecule has 0 radical (unpaired) electrons. The van der Waals surface area contributed by atoms with Gasteiger partial charge in [0, 0.05) is 61.7 Å². The average molecular weight is 337 g/mol. The summed E-state index contributed by atoms with van der Waals surface area (Å²) in [5, 5.41) is 0. The smallest absolute Gasteiger partial charge is 0.254 e. The summed E-state index contributed by atoms with van der Waals surface area (Å²) in [5.74, 6) is 1.45. The highest BCUT2D eigenvalue weighted by atomic mass is 16.2. The minimum absolute atomic E-state index is 0.0473. The van der Waals surface area contributed by atoms with Gasteiger partial charge in [-0.15, -0.1) is 0 Å².